The lowest BCUT2D eigenvalue weighted by Gasteiger charge is -2.00. The monoisotopic (exact) mass is 210 g/mol. The topological polar surface area (TPSA) is 18.5 Å². The highest BCUT2D eigenvalue weighted by Crippen LogP contribution is 2.33. The van der Waals surface area contributed by atoms with Crippen molar-refractivity contribution >= 4 is 0 Å². The Morgan fingerprint density at radius 3 is 1.47 bits per heavy atom. The molecule has 0 radical (unpaired) electrons. The minimum absolute atomic E-state index is 0.359. The van der Waals surface area contributed by atoms with Gasteiger partial charge in [-0.15, -0.1) is 0 Å². The fourth-order valence-corrected chi connectivity index (χ4v) is 1.15. The Kier molecular flexibility index (Phi) is 6.59. The van der Waals surface area contributed by atoms with Crippen molar-refractivity contribution in [1.29, 1.82) is 0 Å². The molecule has 0 aliphatic carbocycles. The molecule has 86 valence electrons. The third-order valence-corrected chi connectivity index (χ3v) is 1.99. The zero-order chi connectivity index (χ0) is 11.8. The van der Waals surface area contributed by atoms with Crippen LogP contribution in [0.5, 0.6) is 11.5 Å². The number of aryl methyl sites for hydroxylation is 2. The standard InChI is InChI=1S/C9H10O2.2C2H6/c1-6-3-8-9(4-7(6)2)11-5-10-8;2*1-2/h3-4H,5H2,1-2H3;2*1-2H3. The van der Waals surface area contributed by atoms with Crippen LogP contribution in [0.2, 0.25) is 0 Å². The van der Waals surface area contributed by atoms with Crippen LogP contribution >= 0.6 is 0 Å². The van der Waals surface area contributed by atoms with Gasteiger partial charge < -0.3 is 9.47 Å². The Balaban J connectivity index is 0.000000442. The summed E-state index contributed by atoms with van der Waals surface area (Å²) in [6.07, 6.45) is 0. The largest absolute Gasteiger partial charge is 0.454 e. The molecule has 2 rings (SSSR count). The molecule has 2 heteroatoms. The Morgan fingerprint density at radius 1 is 0.800 bits per heavy atom. The number of ether oxygens (including phenoxy) is 2. The van der Waals surface area contributed by atoms with Gasteiger partial charge in [-0.2, -0.15) is 0 Å². The van der Waals surface area contributed by atoms with Crippen LogP contribution in [0.4, 0.5) is 0 Å². The molecule has 1 aromatic carbocycles. The lowest BCUT2D eigenvalue weighted by atomic mass is 10.1. The zero-order valence-electron chi connectivity index (χ0n) is 10.7. The van der Waals surface area contributed by atoms with Crippen LogP contribution in [0.15, 0.2) is 12.1 Å². The molecule has 0 atom stereocenters. The predicted octanol–water partition coefficient (Wildman–Crippen LogP) is 4.08. The molecule has 0 unspecified atom stereocenters. The van der Waals surface area contributed by atoms with E-state index in [-0.39, 0.29) is 0 Å². The molecular formula is C13H22O2. The van der Waals surface area contributed by atoms with Crippen molar-refractivity contribution < 1.29 is 9.47 Å². The van der Waals surface area contributed by atoms with E-state index in [1.807, 2.05) is 39.8 Å². The van der Waals surface area contributed by atoms with Gasteiger partial charge in [0, 0.05) is 0 Å². The lowest BCUT2D eigenvalue weighted by molar-refractivity contribution is 0.174. The van der Waals surface area contributed by atoms with E-state index >= 15 is 0 Å². The van der Waals surface area contributed by atoms with Crippen molar-refractivity contribution in [3.8, 4) is 11.5 Å². The quantitative estimate of drug-likeness (QED) is 0.642. The van der Waals surface area contributed by atoms with Crippen molar-refractivity contribution in [3.05, 3.63) is 23.3 Å². The minimum Gasteiger partial charge on any atom is -0.454 e. The van der Waals surface area contributed by atoms with Gasteiger partial charge in [0.2, 0.25) is 6.79 Å². The number of hydrogen-bond acceptors (Lipinski definition) is 2. The molecule has 15 heavy (non-hydrogen) atoms. The molecule has 1 aromatic rings. The molecule has 0 aromatic heterocycles. The summed E-state index contributed by atoms with van der Waals surface area (Å²) >= 11 is 0. The number of benzene rings is 1. The summed E-state index contributed by atoms with van der Waals surface area (Å²) in [5, 5.41) is 0. The van der Waals surface area contributed by atoms with Crippen molar-refractivity contribution in [1.82, 2.24) is 0 Å². The predicted molar refractivity (Wildman–Crippen MR) is 64.7 cm³/mol. The van der Waals surface area contributed by atoms with Crippen LogP contribution in [-0.2, 0) is 0 Å². The van der Waals surface area contributed by atoms with Crippen molar-refractivity contribution in [3.63, 3.8) is 0 Å². The number of fused-ring (bicyclic) bond motifs is 1. The van der Waals surface area contributed by atoms with Gasteiger partial charge >= 0.3 is 0 Å². The Bertz CT molecular complexity index is 264. The summed E-state index contributed by atoms with van der Waals surface area (Å²) in [7, 11) is 0. The van der Waals surface area contributed by atoms with E-state index in [4.69, 9.17) is 9.47 Å². The molecule has 1 aliphatic heterocycles. The highest BCUT2D eigenvalue weighted by Gasteiger charge is 2.13. The highest BCUT2D eigenvalue weighted by molar-refractivity contribution is 5.47. The molecule has 1 aliphatic rings. The second kappa shape index (κ2) is 7.16. The van der Waals surface area contributed by atoms with Gasteiger partial charge in [0.25, 0.3) is 0 Å². The van der Waals surface area contributed by atoms with Crippen LogP contribution in [0.25, 0.3) is 0 Å². The summed E-state index contributed by atoms with van der Waals surface area (Å²) < 4.78 is 10.4. The molecule has 0 fully saturated rings. The van der Waals surface area contributed by atoms with Crippen molar-refractivity contribution in [2.45, 2.75) is 41.5 Å². The summed E-state index contributed by atoms with van der Waals surface area (Å²) in [6.45, 7) is 12.5. The van der Waals surface area contributed by atoms with E-state index < -0.39 is 0 Å². The van der Waals surface area contributed by atoms with Crippen LogP contribution < -0.4 is 9.47 Å². The third kappa shape index (κ3) is 3.46. The first kappa shape index (κ1) is 13.8. The van der Waals surface area contributed by atoms with E-state index in [0.717, 1.165) is 11.5 Å². The first-order valence-electron chi connectivity index (χ1n) is 5.64. The number of rotatable bonds is 0. The summed E-state index contributed by atoms with van der Waals surface area (Å²) in [5.41, 5.74) is 2.49. The molecule has 0 amide bonds. The molecule has 0 spiro atoms. The van der Waals surface area contributed by atoms with Crippen LogP contribution in [-0.4, -0.2) is 6.79 Å². The van der Waals surface area contributed by atoms with Crippen molar-refractivity contribution in [2.24, 2.45) is 0 Å². The third-order valence-electron chi connectivity index (χ3n) is 1.99. The van der Waals surface area contributed by atoms with Crippen LogP contribution in [0, 0.1) is 13.8 Å². The molecule has 2 nitrogen and oxygen atoms in total. The summed E-state index contributed by atoms with van der Waals surface area (Å²) in [4.78, 5) is 0. The molecular weight excluding hydrogens is 188 g/mol. The summed E-state index contributed by atoms with van der Waals surface area (Å²) in [6, 6.07) is 4.02. The normalized spacial score (nSPS) is 10.8. The van der Waals surface area contributed by atoms with Gasteiger partial charge in [0.05, 0.1) is 0 Å². The van der Waals surface area contributed by atoms with Crippen LogP contribution in [0.1, 0.15) is 38.8 Å². The maximum atomic E-state index is 5.21. The maximum Gasteiger partial charge on any atom is 0.231 e. The van der Waals surface area contributed by atoms with Gasteiger partial charge in [-0.1, -0.05) is 27.7 Å². The Labute approximate surface area is 93.2 Å². The van der Waals surface area contributed by atoms with Gasteiger partial charge in [-0.05, 0) is 37.1 Å². The molecule has 0 saturated carbocycles. The van der Waals surface area contributed by atoms with E-state index in [9.17, 15) is 0 Å². The molecule has 0 saturated heterocycles. The minimum atomic E-state index is 0.359. The zero-order valence-corrected chi connectivity index (χ0v) is 10.7. The average molecular weight is 210 g/mol. The second-order valence-electron chi connectivity index (χ2n) is 2.79. The van der Waals surface area contributed by atoms with Gasteiger partial charge in [-0.3, -0.25) is 0 Å². The number of hydrogen-bond donors (Lipinski definition) is 0. The molecule has 1 heterocycles. The Hall–Kier alpha value is -1.18. The van der Waals surface area contributed by atoms with E-state index in [1.54, 1.807) is 0 Å². The first-order chi connectivity index (χ1) is 7.27. The fourth-order valence-electron chi connectivity index (χ4n) is 1.15. The smallest absolute Gasteiger partial charge is 0.231 e. The maximum absolute atomic E-state index is 5.21. The van der Waals surface area contributed by atoms with Gasteiger partial charge in [-0.25, -0.2) is 0 Å². The highest BCUT2D eigenvalue weighted by atomic mass is 16.7. The van der Waals surface area contributed by atoms with E-state index in [2.05, 4.69) is 13.8 Å². The first-order valence-corrected chi connectivity index (χ1v) is 5.64. The van der Waals surface area contributed by atoms with Crippen molar-refractivity contribution in [2.75, 3.05) is 6.79 Å². The lowest BCUT2D eigenvalue weighted by Crippen LogP contribution is -1.92. The average Bonchev–Trinajstić information content (AvgIpc) is 2.72. The van der Waals surface area contributed by atoms with E-state index in [0.29, 0.717) is 6.79 Å². The van der Waals surface area contributed by atoms with E-state index in [1.165, 1.54) is 11.1 Å². The second-order valence-corrected chi connectivity index (χ2v) is 2.79. The SMILES string of the molecule is CC.CC.Cc1cc2c(cc1C)OCO2. The van der Waals surface area contributed by atoms with Crippen LogP contribution in [0.3, 0.4) is 0 Å². The molecule has 0 bridgehead atoms. The Morgan fingerprint density at radius 2 is 1.13 bits per heavy atom. The summed E-state index contributed by atoms with van der Waals surface area (Å²) in [5.74, 6) is 1.74. The van der Waals surface area contributed by atoms with Gasteiger partial charge in [0.1, 0.15) is 0 Å². The fraction of sp³-hybridized carbons (Fsp3) is 0.538. The molecule has 0 N–H and O–H groups in total. The van der Waals surface area contributed by atoms with Gasteiger partial charge in [0.15, 0.2) is 11.5 Å².